The quantitative estimate of drug-likeness (QED) is 0.162. The van der Waals surface area contributed by atoms with Crippen LogP contribution in [0.1, 0.15) is 22.3 Å². The molecule has 8 aromatic carbocycles. The van der Waals surface area contributed by atoms with E-state index in [0.29, 0.717) is 33.7 Å². The Balaban J connectivity index is 1.32. The summed E-state index contributed by atoms with van der Waals surface area (Å²) in [5.41, 5.74) is 7.12. The second-order valence-corrected chi connectivity index (χ2v) is 14.9. The zero-order chi connectivity index (χ0) is 42.7. The lowest BCUT2D eigenvalue weighted by Gasteiger charge is -2.21. The standard InChI is InChI=1S/C53H27F3N6/c1-60-39-19-15-35(16-20-39)37-18-23-44-42-7-3-5-9-48(42)62(51(44)26-37)52-27-38(31-59)49(28-45(52)40-21-12-33(30-58)24-46(40)53(54,55)56)61-47-8-4-2-6-41(47)43-22-17-36(25-50(43)61)34-13-10-32(29-57)11-14-34/h2-28H. The van der Waals surface area contributed by atoms with Gasteiger partial charge in [0.05, 0.1) is 74.4 Å². The maximum Gasteiger partial charge on any atom is 0.417 e. The van der Waals surface area contributed by atoms with Gasteiger partial charge in [-0.05, 0) is 88.5 Å². The fourth-order valence-corrected chi connectivity index (χ4v) is 8.62. The van der Waals surface area contributed by atoms with Crippen molar-refractivity contribution in [1.29, 1.82) is 15.8 Å². The van der Waals surface area contributed by atoms with Crippen LogP contribution < -0.4 is 0 Å². The molecule has 0 spiro atoms. The molecule has 0 saturated carbocycles. The summed E-state index contributed by atoms with van der Waals surface area (Å²) >= 11 is 0. The Hall–Kier alpha value is -8.89. The molecule has 0 aliphatic rings. The molecule has 2 heterocycles. The van der Waals surface area contributed by atoms with E-state index in [4.69, 9.17) is 6.57 Å². The molecule has 290 valence electrons. The summed E-state index contributed by atoms with van der Waals surface area (Å²) in [6, 6.07) is 55.0. The monoisotopic (exact) mass is 804 g/mol. The van der Waals surface area contributed by atoms with Crippen molar-refractivity contribution in [3.05, 3.63) is 197 Å². The van der Waals surface area contributed by atoms with Gasteiger partial charge in [0.15, 0.2) is 5.69 Å². The summed E-state index contributed by atoms with van der Waals surface area (Å²) in [5.74, 6) is 0. The molecule has 0 unspecified atom stereocenters. The van der Waals surface area contributed by atoms with Gasteiger partial charge in [0.2, 0.25) is 0 Å². The molecule has 2 aromatic heterocycles. The number of nitriles is 3. The third kappa shape index (κ3) is 6.01. The molecular formula is C53H27F3N6. The van der Waals surface area contributed by atoms with Crippen LogP contribution in [-0.4, -0.2) is 9.13 Å². The predicted molar refractivity (Wildman–Crippen MR) is 237 cm³/mol. The summed E-state index contributed by atoms with van der Waals surface area (Å²) in [6.45, 7) is 7.41. The zero-order valence-electron chi connectivity index (χ0n) is 32.4. The summed E-state index contributed by atoms with van der Waals surface area (Å²) < 4.78 is 49.8. The molecule has 0 atom stereocenters. The number of rotatable bonds is 5. The van der Waals surface area contributed by atoms with E-state index in [9.17, 15) is 15.8 Å². The first-order valence-corrected chi connectivity index (χ1v) is 19.4. The molecule has 0 aliphatic carbocycles. The van der Waals surface area contributed by atoms with E-state index in [1.165, 1.54) is 12.1 Å². The lowest BCUT2D eigenvalue weighted by molar-refractivity contribution is -0.137. The molecule has 0 fully saturated rings. The molecule has 0 N–H and O–H groups in total. The smallest absolute Gasteiger partial charge is 0.309 e. The minimum Gasteiger partial charge on any atom is -0.309 e. The molecular weight excluding hydrogens is 778 g/mol. The minimum atomic E-state index is -4.85. The number of benzene rings is 8. The average Bonchev–Trinajstić information content (AvgIpc) is 3.82. The van der Waals surface area contributed by atoms with Gasteiger partial charge < -0.3 is 9.13 Å². The van der Waals surface area contributed by atoms with Crippen molar-refractivity contribution in [1.82, 2.24) is 9.13 Å². The normalized spacial score (nSPS) is 11.4. The average molecular weight is 805 g/mol. The second-order valence-electron chi connectivity index (χ2n) is 14.9. The SMILES string of the molecule is [C-]#[N+]c1ccc(-c2ccc3c4ccccc4n(-c4cc(C#N)c(-n5c6ccccc6c6ccc(-c7ccc(C#N)cc7)cc65)cc4-c4ccc(C#N)cc4C(F)(F)F)c3c2)cc1. The van der Waals surface area contributed by atoms with Crippen LogP contribution in [0, 0.1) is 40.6 Å². The molecule has 62 heavy (non-hydrogen) atoms. The van der Waals surface area contributed by atoms with Crippen molar-refractivity contribution in [2.45, 2.75) is 6.18 Å². The number of fused-ring (bicyclic) bond motifs is 6. The van der Waals surface area contributed by atoms with Gasteiger partial charge >= 0.3 is 6.18 Å². The highest BCUT2D eigenvalue weighted by molar-refractivity contribution is 6.12. The molecule has 10 aromatic rings. The molecule has 0 saturated heterocycles. The maximum atomic E-state index is 15.3. The van der Waals surface area contributed by atoms with Crippen molar-refractivity contribution < 1.29 is 13.2 Å². The minimum absolute atomic E-state index is 0.139. The van der Waals surface area contributed by atoms with Crippen molar-refractivity contribution in [3.8, 4) is 63.0 Å². The van der Waals surface area contributed by atoms with Crippen LogP contribution in [0.2, 0.25) is 0 Å². The highest BCUT2D eigenvalue weighted by Crippen LogP contribution is 2.45. The third-order valence-electron chi connectivity index (χ3n) is 11.5. The van der Waals surface area contributed by atoms with E-state index >= 15 is 13.2 Å². The van der Waals surface area contributed by atoms with Crippen LogP contribution >= 0.6 is 0 Å². The van der Waals surface area contributed by atoms with E-state index < -0.39 is 11.7 Å². The number of hydrogen-bond acceptors (Lipinski definition) is 3. The molecule has 10 rings (SSSR count). The van der Waals surface area contributed by atoms with Gasteiger partial charge in [-0.3, -0.25) is 0 Å². The topological polar surface area (TPSA) is 85.6 Å². The van der Waals surface area contributed by atoms with Gasteiger partial charge in [-0.25, -0.2) is 4.85 Å². The molecule has 6 nitrogen and oxygen atoms in total. The van der Waals surface area contributed by atoms with Crippen LogP contribution in [-0.2, 0) is 6.18 Å². The van der Waals surface area contributed by atoms with E-state index in [0.717, 1.165) is 60.9 Å². The maximum absolute atomic E-state index is 15.3. The van der Waals surface area contributed by atoms with Crippen molar-refractivity contribution >= 4 is 49.3 Å². The van der Waals surface area contributed by atoms with Crippen LogP contribution in [0.3, 0.4) is 0 Å². The lowest BCUT2D eigenvalue weighted by atomic mass is 9.93. The van der Waals surface area contributed by atoms with Crippen molar-refractivity contribution in [2.75, 3.05) is 0 Å². The number of halogens is 3. The molecule has 0 aliphatic heterocycles. The zero-order valence-corrected chi connectivity index (χ0v) is 32.4. The summed E-state index contributed by atoms with van der Waals surface area (Å²) in [5, 5.41) is 33.8. The van der Waals surface area contributed by atoms with Gasteiger partial charge in [-0.15, -0.1) is 0 Å². The lowest BCUT2D eigenvalue weighted by Crippen LogP contribution is -2.10. The van der Waals surface area contributed by atoms with Crippen LogP contribution in [0.25, 0.3) is 93.2 Å². The Kier molecular flexibility index (Phi) is 8.70. The largest absolute Gasteiger partial charge is 0.417 e. The van der Waals surface area contributed by atoms with Gasteiger partial charge in [0.1, 0.15) is 6.07 Å². The van der Waals surface area contributed by atoms with Gasteiger partial charge in [0.25, 0.3) is 0 Å². The fourth-order valence-electron chi connectivity index (χ4n) is 8.62. The predicted octanol–water partition coefficient (Wildman–Crippen LogP) is 14.1. The first-order valence-electron chi connectivity index (χ1n) is 19.4. The third-order valence-corrected chi connectivity index (χ3v) is 11.5. The number of hydrogen-bond donors (Lipinski definition) is 0. The van der Waals surface area contributed by atoms with E-state index in [1.807, 2.05) is 124 Å². The van der Waals surface area contributed by atoms with Gasteiger partial charge in [-0.2, -0.15) is 29.0 Å². The number of para-hydroxylation sites is 2. The number of nitrogens with zero attached hydrogens (tertiary/aromatic N) is 6. The molecule has 0 amide bonds. The molecule has 0 radical (unpaired) electrons. The van der Waals surface area contributed by atoms with Crippen LogP contribution in [0.5, 0.6) is 0 Å². The number of alkyl halides is 3. The Morgan fingerprint density at radius 1 is 0.452 bits per heavy atom. The van der Waals surface area contributed by atoms with Crippen molar-refractivity contribution in [3.63, 3.8) is 0 Å². The second kappa shape index (κ2) is 14.4. The summed E-state index contributed by atoms with van der Waals surface area (Å²) in [6.07, 6.45) is -4.85. The van der Waals surface area contributed by atoms with Gasteiger partial charge in [0, 0.05) is 27.1 Å². The first-order chi connectivity index (χ1) is 30.2. The molecule has 9 heteroatoms. The Morgan fingerprint density at radius 3 is 1.48 bits per heavy atom. The highest BCUT2D eigenvalue weighted by Gasteiger charge is 2.35. The van der Waals surface area contributed by atoms with Crippen molar-refractivity contribution in [2.24, 2.45) is 0 Å². The number of aromatic nitrogens is 2. The fraction of sp³-hybridized carbons (Fsp3) is 0.0189. The van der Waals surface area contributed by atoms with Crippen LogP contribution in [0.4, 0.5) is 18.9 Å². The Labute approximate surface area is 352 Å². The summed E-state index contributed by atoms with van der Waals surface area (Å²) in [4.78, 5) is 3.52. The first kappa shape index (κ1) is 37.4. The van der Waals surface area contributed by atoms with Gasteiger partial charge in [-0.1, -0.05) is 103 Å². The van der Waals surface area contributed by atoms with E-state index in [1.54, 1.807) is 36.4 Å². The van der Waals surface area contributed by atoms with E-state index in [2.05, 4.69) is 17.0 Å². The highest BCUT2D eigenvalue weighted by atomic mass is 19.4. The Morgan fingerprint density at radius 2 is 0.952 bits per heavy atom. The Bertz CT molecular complexity index is 3660. The molecule has 0 bridgehead atoms. The van der Waals surface area contributed by atoms with Crippen LogP contribution in [0.15, 0.2) is 164 Å². The summed E-state index contributed by atoms with van der Waals surface area (Å²) in [7, 11) is 0. The van der Waals surface area contributed by atoms with E-state index in [-0.39, 0.29) is 22.3 Å².